The van der Waals surface area contributed by atoms with Crippen LogP contribution in [-0.4, -0.2) is 35.7 Å². The molecule has 1 aliphatic rings. The predicted molar refractivity (Wildman–Crippen MR) is 101 cm³/mol. The van der Waals surface area contributed by atoms with Crippen molar-refractivity contribution in [2.24, 2.45) is 5.92 Å². The van der Waals surface area contributed by atoms with Crippen molar-refractivity contribution in [3.8, 4) is 0 Å². The van der Waals surface area contributed by atoms with Gasteiger partial charge in [-0.2, -0.15) is 0 Å². The first-order valence-corrected chi connectivity index (χ1v) is 9.05. The summed E-state index contributed by atoms with van der Waals surface area (Å²) in [5.74, 6) is 1.53. The van der Waals surface area contributed by atoms with Crippen LogP contribution in [0.5, 0.6) is 0 Å². The van der Waals surface area contributed by atoms with E-state index in [9.17, 15) is 4.79 Å². The fourth-order valence-electron chi connectivity index (χ4n) is 3.22. The highest BCUT2D eigenvalue weighted by molar-refractivity contribution is 6.04. The molecule has 0 bridgehead atoms. The number of hydrogen-bond donors (Lipinski definition) is 0. The lowest BCUT2D eigenvalue weighted by Gasteiger charge is -2.30. The van der Waals surface area contributed by atoms with Gasteiger partial charge in [-0.3, -0.25) is 4.79 Å². The van der Waals surface area contributed by atoms with Gasteiger partial charge in [-0.1, -0.05) is 19.1 Å². The number of nitrogens with zero attached hydrogens (tertiary/aromatic N) is 4. The molecule has 3 rings (SSSR count). The average Bonchev–Trinajstić information content (AvgIpc) is 2.63. The SMILES string of the molecule is CCN(C(=O)c1ccc(N2CCC(C)CC2)nn1)c1cccc(C)c1. The second-order valence-electron chi connectivity index (χ2n) is 6.83. The largest absolute Gasteiger partial charge is 0.355 e. The van der Waals surface area contributed by atoms with Crippen molar-refractivity contribution in [1.29, 1.82) is 0 Å². The molecule has 25 heavy (non-hydrogen) atoms. The topological polar surface area (TPSA) is 49.3 Å². The van der Waals surface area contributed by atoms with Gasteiger partial charge in [0, 0.05) is 25.3 Å². The molecule has 5 nitrogen and oxygen atoms in total. The molecule has 0 atom stereocenters. The molecule has 2 aromatic rings. The zero-order valence-corrected chi connectivity index (χ0v) is 15.3. The van der Waals surface area contributed by atoms with Crippen LogP contribution in [0.3, 0.4) is 0 Å². The lowest BCUT2D eigenvalue weighted by Crippen LogP contribution is -2.34. The third-order valence-corrected chi connectivity index (χ3v) is 4.85. The van der Waals surface area contributed by atoms with Gasteiger partial charge in [0.05, 0.1) is 0 Å². The van der Waals surface area contributed by atoms with Crippen LogP contribution in [0.15, 0.2) is 36.4 Å². The van der Waals surface area contributed by atoms with Gasteiger partial charge in [0.2, 0.25) is 0 Å². The van der Waals surface area contributed by atoms with Crippen LogP contribution in [0, 0.1) is 12.8 Å². The number of carbonyl (C=O) groups is 1. The van der Waals surface area contributed by atoms with Crippen LogP contribution < -0.4 is 9.80 Å². The van der Waals surface area contributed by atoms with Crippen molar-refractivity contribution in [3.05, 3.63) is 47.7 Å². The van der Waals surface area contributed by atoms with Crippen molar-refractivity contribution < 1.29 is 4.79 Å². The Hall–Kier alpha value is -2.43. The van der Waals surface area contributed by atoms with Crippen LogP contribution in [0.25, 0.3) is 0 Å². The van der Waals surface area contributed by atoms with E-state index >= 15 is 0 Å². The molecule has 1 aliphatic heterocycles. The van der Waals surface area contributed by atoms with E-state index in [1.165, 1.54) is 12.8 Å². The third kappa shape index (κ3) is 3.98. The predicted octanol–water partition coefficient (Wildman–Crippen LogP) is 3.69. The molecule has 1 saturated heterocycles. The summed E-state index contributed by atoms with van der Waals surface area (Å²) >= 11 is 0. The summed E-state index contributed by atoms with van der Waals surface area (Å²) in [6, 6.07) is 11.7. The van der Waals surface area contributed by atoms with Crippen LogP contribution in [-0.2, 0) is 0 Å². The molecule has 2 heterocycles. The van der Waals surface area contributed by atoms with Crippen molar-refractivity contribution in [2.45, 2.75) is 33.6 Å². The molecule has 1 aromatic carbocycles. The Kier molecular flexibility index (Phi) is 5.31. The van der Waals surface area contributed by atoms with E-state index in [0.717, 1.165) is 36.1 Å². The monoisotopic (exact) mass is 338 g/mol. The fraction of sp³-hybridized carbons (Fsp3) is 0.450. The maximum Gasteiger partial charge on any atom is 0.278 e. The normalized spacial score (nSPS) is 15.2. The van der Waals surface area contributed by atoms with Crippen molar-refractivity contribution in [2.75, 3.05) is 29.4 Å². The molecule has 0 radical (unpaired) electrons. The summed E-state index contributed by atoms with van der Waals surface area (Å²) in [6.45, 7) is 8.89. The molecule has 0 aliphatic carbocycles. The highest BCUT2D eigenvalue weighted by Crippen LogP contribution is 2.22. The molecule has 132 valence electrons. The van der Waals surface area contributed by atoms with E-state index in [-0.39, 0.29) is 5.91 Å². The highest BCUT2D eigenvalue weighted by Gasteiger charge is 2.20. The number of carbonyl (C=O) groups excluding carboxylic acids is 1. The number of benzene rings is 1. The van der Waals surface area contributed by atoms with Crippen LogP contribution in [0.1, 0.15) is 42.7 Å². The van der Waals surface area contributed by atoms with E-state index in [2.05, 4.69) is 22.0 Å². The zero-order chi connectivity index (χ0) is 17.8. The van der Waals surface area contributed by atoms with Crippen LogP contribution >= 0.6 is 0 Å². The number of aryl methyl sites for hydroxylation is 1. The standard InChI is InChI=1S/C20H26N4O/c1-4-24(17-7-5-6-16(3)14-17)20(25)18-8-9-19(22-21-18)23-12-10-15(2)11-13-23/h5-9,14-15H,4,10-13H2,1-3H3. The molecule has 0 unspecified atom stereocenters. The summed E-state index contributed by atoms with van der Waals surface area (Å²) in [4.78, 5) is 16.8. The molecular formula is C20H26N4O. The number of aromatic nitrogens is 2. The number of amides is 1. The third-order valence-electron chi connectivity index (χ3n) is 4.85. The van der Waals surface area contributed by atoms with Gasteiger partial charge in [0.1, 0.15) is 0 Å². The molecule has 1 amide bonds. The van der Waals surface area contributed by atoms with E-state index in [1.54, 1.807) is 11.0 Å². The minimum absolute atomic E-state index is 0.112. The lowest BCUT2D eigenvalue weighted by molar-refractivity contribution is 0.0982. The fourth-order valence-corrected chi connectivity index (χ4v) is 3.22. The second kappa shape index (κ2) is 7.64. The smallest absolute Gasteiger partial charge is 0.278 e. The summed E-state index contributed by atoms with van der Waals surface area (Å²) < 4.78 is 0. The Morgan fingerprint density at radius 1 is 1.20 bits per heavy atom. The summed E-state index contributed by atoms with van der Waals surface area (Å²) in [7, 11) is 0. The maximum absolute atomic E-state index is 12.8. The minimum atomic E-state index is -0.112. The Labute approximate surface area is 149 Å². The number of hydrogen-bond acceptors (Lipinski definition) is 4. The van der Waals surface area contributed by atoms with Gasteiger partial charge in [0.15, 0.2) is 11.5 Å². The lowest BCUT2D eigenvalue weighted by atomic mass is 9.99. The maximum atomic E-state index is 12.8. The first-order chi connectivity index (χ1) is 12.1. The van der Waals surface area contributed by atoms with Gasteiger partial charge in [-0.25, -0.2) is 0 Å². The summed E-state index contributed by atoms with van der Waals surface area (Å²) in [6.07, 6.45) is 2.36. The van der Waals surface area contributed by atoms with Crippen LogP contribution in [0.4, 0.5) is 11.5 Å². The Morgan fingerprint density at radius 2 is 1.96 bits per heavy atom. The molecule has 0 saturated carbocycles. The summed E-state index contributed by atoms with van der Waals surface area (Å²) in [5.41, 5.74) is 2.41. The first-order valence-electron chi connectivity index (χ1n) is 9.05. The molecule has 5 heteroatoms. The molecule has 0 spiro atoms. The highest BCUT2D eigenvalue weighted by atomic mass is 16.2. The van der Waals surface area contributed by atoms with E-state index in [4.69, 9.17) is 0 Å². The van der Waals surface area contributed by atoms with Gasteiger partial charge >= 0.3 is 0 Å². The van der Waals surface area contributed by atoms with E-state index in [1.807, 2.05) is 44.2 Å². The average molecular weight is 338 g/mol. The van der Waals surface area contributed by atoms with E-state index in [0.29, 0.717) is 12.2 Å². The second-order valence-corrected chi connectivity index (χ2v) is 6.83. The Morgan fingerprint density at radius 3 is 2.56 bits per heavy atom. The van der Waals surface area contributed by atoms with Crippen molar-refractivity contribution >= 4 is 17.4 Å². The number of piperidine rings is 1. The van der Waals surface area contributed by atoms with Gasteiger partial charge in [-0.05, 0) is 62.4 Å². The molecular weight excluding hydrogens is 312 g/mol. The number of rotatable bonds is 4. The van der Waals surface area contributed by atoms with E-state index < -0.39 is 0 Å². The quantitative estimate of drug-likeness (QED) is 0.853. The van der Waals surface area contributed by atoms with Crippen LogP contribution in [0.2, 0.25) is 0 Å². The van der Waals surface area contributed by atoms with Gasteiger partial charge in [0.25, 0.3) is 5.91 Å². The molecule has 1 aromatic heterocycles. The molecule has 0 N–H and O–H groups in total. The van der Waals surface area contributed by atoms with Crippen molar-refractivity contribution in [3.63, 3.8) is 0 Å². The Balaban J connectivity index is 1.75. The first kappa shape index (κ1) is 17.4. The minimum Gasteiger partial charge on any atom is -0.355 e. The summed E-state index contributed by atoms with van der Waals surface area (Å²) in [5, 5.41) is 8.51. The van der Waals surface area contributed by atoms with Gasteiger partial charge in [-0.15, -0.1) is 10.2 Å². The van der Waals surface area contributed by atoms with Gasteiger partial charge < -0.3 is 9.80 Å². The zero-order valence-electron chi connectivity index (χ0n) is 15.3. The number of anilines is 2. The van der Waals surface area contributed by atoms with Crippen molar-refractivity contribution in [1.82, 2.24) is 10.2 Å². The molecule has 1 fully saturated rings. The Bertz CT molecular complexity index is 721.